The van der Waals surface area contributed by atoms with Crippen molar-refractivity contribution < 1.29 is 9.59 Å². The molecule has 3 aromatic carbocycles. The summed E-state index contributed by atoms with van der Waals surface area (Å²) in [5.41, 5.74) is 5.72. The molecule has 43 heavy (non-hydrogen) atoms. The third-order valence-electron chi connectivity index (χ3n) is 9.48. The summed E-state index contributed by atoms with van der Waals surface area (Å²) in [5, 5.41) is 10.4. The van der Waals surface area contributed by atoms with Crippen LogP contribution >= 0.6 is 0 Å². The van der Waals surface area contributed by atoms with E-state index in [0.29, 0.717) is 25.6 Å². The Bertz CT molecular complexity index is 1360. The van der Waals surface area contributed by atoms with E-state index in [2.05, 4.69) is 87.6 Å². The van der Waals surface area contributed by atoms with E-state index in [1.165, 1.54) is 16.7 Å². The minimum Gasteiger partial charge on any atom is -0.351 e. The molecule has 0 bridgehead atoms. The topological polar surface area (TPSA) is 73.5 Å². The molecule has 2 amide bonds. The Labute approximate surface area is 256 Å². The average molecular weight is 577 g/mol. The summed E-state index contributed by atoms with van der Waals surface area (Å²) in [4.78, 5) is 29.5. The van der Waals surface area contributed by atoms with Crippen LogP contribution in [0.4, 0.5) is 0 Å². The number of carbonyl (C=O) groups is 2. The molecule has 0 radical (unpaired) electrons. The lowest BCUT2D eigenvalue weighted by atomic mass is 9.89. The molecule has 6 nitrogen and oxygen atoms in total. The van der Waals surface area contributed by atoms with Crippen molar-refractivity contribution in [2.45, 2.75) is 56.5 Å². The highest BCUT2D eigenvalue weighted by Crippen LogP contribution is 2.28. The molecule has 2 fully saturated rings. The molecule has 0 spiro atoms. The standard InChI is InChI=1S/C37H44N4O2/c42-36(32-16-15-28-9-7-8-14-31(28)24-32)39-25-33-19-22-41(37(43)35(40-33)23-27-17-20-38-21-18-27)26-34(29-10-3-1-4-11-29)30-12-5-2-6-13-30/h1-14,24,27,33-35,38,40H,15-23,25-26H2,(H,39,42). The first-order valence-corrected chi connectivity index (χ1v) is 16.1. The van der Waals surface area contributed by atoms with Crippen LogP contribution in [-0.2, 0) is 16.0 Å². The first-order chi connectivity index (χ1) is 21.1. The number of benzene rings is 3. The van der Waals surface area contributed by atoms with Gasteiger partial charge in [-0.1, -0.05) is 84.9 Å². The van der Waals surface area contributed by atoms with Gasteiger partial charge in [0.05, 0.1) is 6.04 Å². The first kappa shape index (κ1) is 29.3. The molecule has 3 N–H and O–H groups in total. The van der Waals surface area contributed by atoms with E-state index in [4.69, 9.17) is 0 Å². The van der Waals surface area contributed by atoms with Crippen molar-refractivity contribution in [3.8, 4) is 0 Å². The van der Waals surface area contributed by atoms with Crippen molar-refractivity contribution in [3.63, 3.8) is 0 Å². The Morgan fingerprint density at radius 1 is 0.860 bits per heavy atom. The van der Waals surface area contributed by atoms with Gasteiger partial charge in [0.15, 0.2) is 0 Å². The molecule has 6 rings (SSSR count). The fourth-order valence-electron chi connectivity index (χ4n) is 6.98. The number of nitrogens with one attached hydrogen (secondary N) is 3. The van der Waals surface area contributed by atoms with Gasteiger partial charge in [-0.15, -0.1) is 0 Å². The van der Waals surface area contributed by atoms with Gasteiger partial charge in [-0.05, 0) is 85.9 Å². The van der Waals surface area contributed by atoms with E-state index in [9.17, 15) is 9.59 Å². The van der Waals surface area contributed by atoms with Crippen LogP contribution < -0.4 is 16.0 Å². The van der Waals surface area contributed by atoms with Gasteiger partial charge >= 0.3 is 0 Å². The van der Waals surface area contributed by atoms with E-state index in [1.807, 2.05) is 24.3 Å². The molecule has 2 saturated heterocycles. The van der Waals surface area contributed by atoms with E-state index in [1.54, 1.807) is 0 Å². The highest BCUT2D eigenvalue weighted by molar-refractivity contribution is 5.98. The third-order valence-corrected chi connectivity index (χ3v) is 9.48. The SMILES string of the molecule is O=C(NCC1CCN(CC(c2ccccc2)c2ccccc2)C(=O)C(CC2CCNCC2)N1)C1=Cc2ccccc2CC1. The minimum atomic E-state index is -0.250. The Kier molecular flexibility index (Phi) is 9.66. The maximum atomic E-state index is 14.2. The van der Waals surface area contributed by atoms with Crippen LogP contribution in [0.2, 0.25) is 0 Å². The van der Waals surface area contributed by atoms with E-state index < -0.39 is 0 Å². The summed E-state index contributed by atoms with van der Waals surface area (Å²) in [6, 6.07) is 29.2. The molecule has 2 unspecified atom stereocenters. The summed E-state index contributed by atoms with van der Waals surface area (Å²) in [7, 11) is 0. The van der Waals surface area contributed by atoms with E-state index >= 15 is 0 Å². The number of carbonyl (C=O) groups excluding carboxylic acids is 2. The van der Waals surface area contributed by atoms with Crippen LogP contribution in [0.3, 0.4) is 0 Å². The lowest BCUT2D eigenvalue weighted by Gasteiger charge is -2.31. The van der Waals surface area contributed by atoms with Crippen molar-refractivity contribution >= 4 is 17.9 Å². The molecule has 2 atom stereocenters. The molecule has 3 aromatic rings. The lowest BCUT2D eigenvalue weighted by molar-refractivity contribution is -0.133. The minimum absolute atomic E-state index is 0.00635. The number of hydrogen-bond donors (Lipinski definition) is 3. The second-order valence-corrected chi connectivity index (χ2v) is 12.4. The van der Waals surface area contributed by atoms with Crippen LogP contribution in [0.5, 0.6) is 0 Å². The molecule has 0 aromatic heterocycles. The quantitative estimate of drug-likeness (QED) is 0.338. The molecule has 2 heterocycles. The van der Waals surface area contributed by atoms with Crippen molar-refractivity contribution in [2.24, 2.45) is 5.92 Å². The molecule has 3 aliphatic rings. The number of nitrogens with zero attached hydrogens (tertiary/aromatic N) is 1. The Balaban J connectivity index is 1.18. The Morgan fingerprint density at radius 3 is 2.26 bits per heavy atom. The molecule has 2 aliphatic heterocycles. The lowest BCUT2D eigenvalue weighted by Crippen LogP contribution is -2.50. The Morgan fingerprint density at radius 2 is 1.53 bits per heavy atom. The second-order valence-electron chi connectivity index (χ2n) is 12.4. The summed E-state index contributed by atoms with van der Waals surface area (Å²) in [6.45, 7) is 3.85. The summed E-state index contributed by atoms with van der Waals surface area (Å²) >= 11 is 0. The van der Waals surface area contributed by atoms with Crippen LogP contribution in [0, 0.1) is 5.92 Å². The first-order valence-electron chi connectivity index (χ1n) is 16.1. The fraction of sp³-hybridized carbons (Fsp3) is 0.405. The molecular weight excluding hydrogens is 532 g/mol. The van der Waals surface area contributed by atoms with Gasteiger partial charge in [-0.2, -0.15) is 0 Å². The molecule has 0 saturated carbocycles. The zero-order chi connectivity index (χ0) is 29.4. The zero-order valence-electron chi connectivity index (χ0n) is 25.0. The van der Waals surface area contributed by atoms with Gasteiger partial charge in [-0.25, -0.2) is 0 Å². The fourth-order valence-corrected chi connectivity index (χ4v) is 6.98. The van der Waals surface area contributed by atoms with Crippen LogP contribution in [0.25, 0.3) is 6.08 Å². The van der Waals surface area contributed by atoms with Gasteiger partial charge in [0.2, 0.25) is 11.8 Å². The van der Waals surface area contributed by atoms with Gasteiger partial charge in [0.25, 0.3) is 0 Å². The van der Waals surface area contributed by atoms with Gasteiger partial charge in [0.1, 0.15) is 0 Å². The van der Waals surface area contributed by atoms with Gasteiger partial charge in [-0.3, -0.25) is 9.59 Å². The van der Waals surface area contributed by atoms with Crippen molar-refractivity contribution in [3.05, 3.63) is 113 Å². The highest BCUT2D eigenvalue weighted by Gasteiger charge is 2.34. The number of rotatable bonds is 9. The molecular formula is C37H44N4O2. The molecule has 224 valence electrons. The van der Waals surface area contributed by atoms with E-state index in [0.717, 1.165) is 62.8 Å². The van der Waals surface area contributed by atoms with Crippen LogP contribution in [0.15, 0.2) is 90.5 Å². The summed E-state index contributed by atoms with van der Waals surface area (Å²) < 4.78 is 0. The average Bonchev–Trinajstić information content (AvgIpc) is 3.21. The van der Waals surface area contributed by atoms with E-state index in [-0.39, 0.29) is 29.8 Å². The largest absolute Gasteiger partial charge is 0.351 e. The third kappa shape index (κ3) is 7.43. The monoisotopic (exact) mass is 576 g/mol. The summed E-state index contributed by atoms with van der Waals surface area (Å²) in [5.74, 6) is 0.815. The predicted octanol–water partition coefficient (Wildman–Crippen LogP) is 4.91. The number of aryl methyl sites for hydroxylation is 1. The predicted molar refractivity (Wildman–Crippen MR) is 173 cm³/mol. The number of fused-ring (bicyclic) bond motifs is 1. The molecule has 1 aliphatic carbocycles. The van der Waals surface area contributed by atoms with Crippen molar-refractivity contribution in [1.29, 1.82) is 0 Å². The number of piperidine rings is 1. The van der Waals surface area contributed by atoms with Crippen molar-refractivity contribution in [2.75, 3.05) is 32.7 Å². The van der Waals surface area contributed by atoms with Crippen LogP contribution in [0.1, 0.15) is 60.3 Å². The van der Waals surface area contributed by atoms with Gasteiger partial charge < -0.3 is 20.9 Å². The summed E-state index contributed by atoms with van der Waals surface area (Å²) in [6.07, 6.45) is 7.51. The number of amides is 2. The second kappa shape index (κ2) is 14.2. The maximum Gasteiger partial charge on any atom is 0.247 e. The maximum absolute atomic E-state index is 14.2. The van der Waals surface area contributed by atoms with Gasteiger partial charge in [0, 0.05) is 37.2 Å². The van der Waals surface area contributed by atoms with Crippen molar-refractivity contribution in [1.82, 2.24) is 20.9 Å². The molecule has 6 heteroatoms. The number of hydrogen-bond acceptors (Lipinski definition) is 4. The highest BCUT2D eigenvalue weighted by atomic mass is 16.2. The normalized spacial score (nSPS) is 21.2. The smallest absolute Gasteiger partial charge is 0.247 e. The van der Waals surface area contributed by atoms with Crippen LogP contribution in [-0.4, -0.2) is 61.5 Å². The zero-order valence-corrected chi connectivity index (χ0v) is 25.0. The Hall–Kier alpha value is -3.74.